The fourth-order valence-electron chi connectivity index (χ4n) is 1.02. The molecule has 0 radical (unpaired) electrons. The molecule has 0 heterocycles. The van der Waals surface area contributed by atoms with Crippen molar-refractivity contribution in [1.82, 2.24) is 0 Å². The van der Waals surface area contributed by atoms with E-state index in [9.17, 15) is 4.79 Å². The van der Waals surface area contributed by atoms with Crippen LogP contribution < -0.4 is 0 Å². The van der Waals surface area contributed by atoms with Gasteiger partial charge in [-0.15, -0.1) is 0 Å². The van der Waals surface area contributed by atoms with Crippen LogP contribution in [-0.4, -0.2) is 6.29 Å². The summed E-state index contributed by atoms with van der Waals surface area (Å²) in [6.07, 6.45) is 4.56. The van der Waals surface area contributed by atoms with Gasteiger partial charge in [0.05, 0.1) is 11.6 Å². The molecule has 0 aliphatic heterocycles. The van der Waals surface area contributed by atoms with E-state index in [1.54, 1.807) is 30.4 Å². The quantitative estimate of drug-likeness (QED) is 0.712. The molecule has 0 bridgehead atoms. The number of allylic oxidation sites excluding steroid dienone is 1. The van der Waals surface area contributed by atoms with Gasteiger partial charge in [0.2, 0.25) is 0 Å². The smallest absolute Gasteiger partial charge is 0.123 e. The number of hydrogen-bond acceptors (Lipinski definition) is 2. The van der Waals surface area contributed by atoms with Crippen molar-refractivity contribution in [3.8, 4) is 6.07 Å². The molecule has 0 fully saturated rings. The zero-order valence-electron chi connectivity index (χ0n) is 7.40. The Hall–Kier alpha value is -1.59. The van der Waals surface area contributed by atoms with Gasteiger partial charge in [0.1, 0.15) is 6.29 Å². The van der Waals surface area contributed by atoms with Crippen molar-refractivity contribution in [1.29, 1.82) is 5.26 Å². The molecule has 1 aromatic carbocycles. The number of nitriles is 1. The first-order valence-corrected chi connectivity index (χ1v) is 4.45. The van der Waals surface area contributed by atoms with E-state index in [1.807, 2.05) is 0 Å². The van der Waals surface area contributed by atoms with Crippen LogP contribution in [0.2, 0.25) is 5.02 Å². The Labute approximate surface area is 87.4 Å². The minimum atomic E-state index is 0.345. The van der Waals surface area contributed by atoms with Gasteiger partial charge in [-0.3, -0.25) is 0 Å². The lowest BCUT2D eigenvalue weighted by Gasteiger charge is -1.97. The van der Waals surface area contributed by atoms with Crippen molar-refractivity contribution in [3.63, 3.8) is 0 Å². The normalized spacial score (nSPS) is 10.0. The first-order chi connectivity index (χ1) is 6.77. The molecule has 0 saturated carbocycles. The van der Waals surface area contributed by atoms with E-state index in [1.165, 1.54) is 0 Å². The van der Waals surface area contributed by atoms with Crippen LogP contribution in [0.3, 0.4) is 0 Å². The van der Waals surface area contributed by atoms with E-state index >= 15 is 0 Å². The number of carbonyl (C=O) groups is 1. The van der Waals surface area contributed by atoms with Crippen molar-refractivity contribution in [2.24, 2.45) is 0 Å². The highest BCUT2D eigenvalue weighted by Crippen LogP contribution is 2.16. The van der Waals surface area contributed by atoms with E-state index < -0.39 is 0 Å². The zero-order chi connectivity index (χ0) is 10.4. The Morgan fingerprint density at radius 2 is 2.29 bits per heavy atom. The maximum atomic E-state index is 10.1. The minimum absolute atomic E-state index is 0.345. The van der Waals surface area contributed by atoms with Crippen molar-refractivity contribution >= 4 is 24.0 Å². The second-order valence-electron chi connectivity index (χ2n) is 2.65. The fraction of sp³-hybridized carbons (Fsp3) is 0.0909. The number of carbonyl (C=O) groups excluding carboxylic acids is 1. The monoisotopic (exact) mass is 205 g/mol. The van der Waals surface area contributed by atoms with Crippen LogP contribution >= 0.6 is 11.6 Å². The van der Waals surface area contributed by atoms with Crippen molar-refractivity contribution in [2.45, 2.75) is 6.42 Å². The molecule has 0 aliphatic rings. The SMILES string of the molecule is N#Cc1ccc(Cl)cc1C=CCC=O. The van der Waals surface area contributed by atoms with Crippen molar-refractivity contribution in [3.05, 3.63) is 40.4 Å². The van der Waals surface area contributed by atoms with Gasteiger partial charge in [-0.1, -0.05) is 23.8 Å². The molecule has 0 aromatic heterocycles. The summed E-state index contributed by atoms with van der Waals surface area (Å²) in [5.41, 5.74) is 1.29. The predicted octanol–water partition coefficient (Wildman–Crippen LogP) is 2.81. The first-order valence-electron chi connectivity index (χ1n) is 4.07. The van der Waals surface area contributed by atoms with Gasteiger partial charge in [0.15, 0.2) is 0 Å². The third kappa shape index (κ3) is 2.72. The number of hydrogen-bond donors (Lipinski definition) is 0. The van der Waals surface area contributed by atoms with Gasteiger partial charge < -0.3 is 4.79 Å². The summed E-state index contributed by atoms with van der Waals surface area (Å²) in [6, 6.07) is 7.07. The highest BCUT2D eigenvalue weighted by atomic mass is 35.5. The lowest BCUT2D eigenvalue weighted by Crippen LogP contribution is -1.81. The van der Waals surface area contributed by atoms with Crippen LogP contribution in [0, 0.1) is 11.3 Å². The topological polar surface area (TPSA) is 40.9 Å². The van der Waals surface area contributed by atoms with E-state index in [-0.39, 0.29) is 0 Å². The summed E-state index contributed by atoms with van der Waals surface area (Å²) in [5.74, 6) is 0. The summed E-state index contributed by atoms with van der Waals surface area (Å²) >= 11 is 5.77. The van der Waals surface area contributed by atoms with Gasteiger partial charge in [0.25, 0.3) is 0 Å². The van der Waals surface area contributed by atoms with Crippen LogP contribution in [0.15, 0.2) is 24.3 Å². The molecule has 0 aliphatic carbocycles. The molecule has 70 valence electrons. The maximum Gasteiger partial charge on any atom is 0.123 e. The lowest BCUT2D eigenvalue weighted by molar-refractivity contribution is -0.107. The van der Waals surface area contributed by atoms with Gasteiger partial charge in [-0.25, -0.2) is 0 Å². The second-order valence-corrected chi connectivity index (χ2v) is 3.08. The van der Waals surface area contributed by atoms with Crippen LogP contribution in [0.1, 0.15) is 17.5 Å². The molecular formula is C11H8ClNO. The lowest BCUT2D eigenvalue weighted by atomic mass is 10.1. The molecular weight excluding hydrogens is 198 g/mol. The molecule has 0 amide bonds. The van der Waals surface area contributed by atoms with Crippen LogP contribution in [0.25, 0.3) is 6.08 Å². The average molecular weight is 206 g/mol. The van der Waals surface area contributed by atoms with Crippen molar-refractivity contribution in [2.75, 3.05) is 0 Å². The Kier molecular flexibility index (Phi) is 3.90. The third-order valence-electron chi connectivity index (χ3n) is 1.66. The molecule has 0 spiro atoms. The highest BCUT2D eigenvalue weighted by molar-refractivity contribution is 6.30. The van der Waals surface area contributed by atoms with Crippen LogP contribution in [0.4, 0.5) is 0 Å². The average Bonchev–Trinajstić information content (AvgIpc) is 2.19. The summed E-state index contributed by atoms with van der Waals surface area (Å²) in [7, 11) is 0. The molecule has 0 saturated heterocycles. The molecule has 0 atom stereocenters. The highest BCUT2D eigenvalue weighted by Gasteiger charge is 1.98. The standard InChI is InChI=1S/C11H8ClNO/c12-11-5-4-10(8-13)9(7-11)3-1-2-6-14/h1,3-7H,2H2. The van der Waals surface area contributed by atoms with Crippen LogP contribution in [-0.2, 0) is 4.79 Å². The van der Waals surface area contributed by atoms with Crippen molar-refractivity contribution < 1.29 is 4.79 Å². The fourth-order valence-corrected chi connectivity index (χ4v) is 1.20. The third-order valence-corrected chi connectivity index (χ3v) is 1.90. The summed E-state index contributed by atoms with van der Waals surface area (Å²) in [6.45, 7) is 0. The molecule has 1 aromatic rings. The molecule has 0 N–H and O–H groups in total. The molecule has 0 unspecified atom stereocenters. The van der Waals surface area contributed by atoms with Gasteiger partial charge in [-0.05, 0) is 23.8 Å². The largest absolute Gasteiger partial charge is 0.303 e. The van der Waals surface area contributed by atoms with E-state index in [2.05, 4.69) is 6.07 Å². The Morgan fingerprint density at radius 3 is 2.93 bits per heavy atom. The molecule has 2 nitrogen and oxygen atoms in total. The second kappa shape index (κ2) is 5.21. The van der Waals surface area contributed by atoms with E-state index in [0.29, 0.717) is 17.0 Å². The number of rotatable bonds is 3. The Bertz CT molecular complexity index is 404. The number of aldehydes is 1. The van der Waals surface area contributed by atoms with Gasteiger partial charge in [0, 0.05) is 11.4 Å². The van der Waals surface area contributed by atoms with E-state index in [4.69, 9.17) is 16.9 Å². The Morgan fingerprint density at radius 1 is 1.50 bits per heavy atom. The minimum Gasteiger partial charge on any atom is -0.303 e. The van der Waals surface area contributed by atoms with E-state index in [0.717, 1.165) is 11.8 Å². The molecule has 1 rings (SSSR count). The molecule has 3 heteroatoms. The van der Waals surface area contributed by atoms with Gasteiger partial charge >= 0.3 is 0 Å². The number of halogens is 1. The number of nitrogens with zero attached hydrogens (tertiary/aromatic N) is 1. The summed E-state index contributed by atoms with van der Waals surface area (Å²) in [4.78, 5) is 10.1. The zero-order valence-corrected chi connectivity index (χ0v) is 8.16. The predicted molar refractivity (Wildman–Crippen MR) is 55.9 cm³/mol. The maximum absolute atomic E-state index is 10.1. The summed E-state index contributed by atoms with van der Waals surface area (Å²) < 4.78 is 0. The molecule has 14 heavy (non-hydrogen) atoms. The number of benzene rings is 1. The van der Waals surface area contributed by atoms with Crippen LogP contribution in [0.5, 0.6) is 0 Å². The first kappa shape index (κ1) is 10.5. The summed E-state index contributed by atoms with van der Waals surface area (Å²) in [5, 5.41) is 9.35. The van der Waals surface area contributed by atoms with Gasteiger partial charge in [-0.2, -0.15) is 5.26 Å². The Balaban J connectivity index is 3.00.